The zero-order chi connectivity index (χ0) is 22.3. The molecule has 7 heteroatoms. The fourth-order valence-electron chi connectivity index (χ4n) is 3.42. The lowest BCUT2D eigenvalue weighted by Crippen LogP contribution is -2.36. The third-order valence-corrected chi connectivity index (χ3v) is 5.67. The second kappa shape index (κ2) is 10.4. The number of aliphatic hydroxyl groups is 1. The molecule has 0 spiro atoms. The molecular weight excluding hydrogens is 440 g/mol. The van der Waals surface area contributed by atoms with E-state index in [4.69, 9.17) is 28.9 Å². The molecule has 162 valence electrons. The molecule has 1 heterocycles. The quantitative estimate of drug-likeness (QED) is 0.361. The Morgan fingerprint density at radius 3 is 2.31 bits per heavy atom. The maximum Gasteiger partial charge on any atom is 0.173 e. The molecule has 1 aromatic heterocycles. The Balaban J connectivity index is 1.69. The number of aliphatic hydroxyl groups excluding tert-OH is 1. The van der Waals surface area contributed by atoms with E-state index >= 15 is 0 Å². The molecule has 5 nitrogen and oxygen atoms in total. The third kappa shape index (κ3) is 5.16. The molecule has 0 aliphatic carbocycles. The van der Waals surface area contributed by atoms with E-state index in [9.17, 15) is 5.11 Å². The zero-order valence-corrected chi connectivity index (χ0v) is 18.9. The van der Waals surface area contributed by atoms with Crippen molar-refractivity contribution in [3.05, 3.63) is 102 Å². The van der Waals surface area contributed by atoms with Crippen LogP contribution in [0, 0.1) is 0 Å². The Kier molecular flexibility index (Phi) is 7.17. The number of aromatic nitrogens is 2. The van der Waals surface area contributed by atoms with Gasteiger partial charge in [-0.05, 0) is 42.5 Å². The second-order valence-corrected chi connectivity index (χ2v) is 8.00. The lowest BCUT2D eigenvalue weighted by Gasteiger charge is -2.25. The fraction of sp³-hybridized carbons (Fsp3) is 0.120. The Morgan fingerprint density at radius 2 is 1.62 bits per heavy atom. The highest BCUT2D eigenvalue weighted by Crippen LogP contribution is 2.30. The van der Waals surface area contributed by atoms with Crippen molar-refractivity contribution in [2.75, 3.05) is 18.5 Å². The Labute approximate surface area is 197 Å². The van der Waals surface area contributed by atoms with E-state index in [0.29, 0.717) is 23.2 Å². The van der Waals surface area contributed by atoms with Crippen molar-refractivity contribution < 1.29 is 5.11 Å². The van der Waals surface area contributed by atoms with Gasteiger partial charge in [0.2, 0.25) is 0 Å². The summed E-state index contributed by atoms with van der Waals surface area (Å²) in [6, 6.07) is 27.3. The molecule has 2 N–H and O–H groups in total. The highest BCUT2D eigenvalue weighted by Gasteiger charge is 2.19. The maximum atomic E-state index is 9.67. The molecule has 0 amide bonds. The molecule has 0 saturated heterocycles. The van der Waals surface area contributed by atoms with E-state index in [-0.39, 0.29) is 6.61 Å². The normalized spacial score (nSPS) is 10.7. The van der Waals surface area contributed by atoms with Crippen molar-refractivity contribution in [3.8, 4) is 16.9 Å². The number of anilines is 1. The van der Waals surface area contributed by atoms with Gasteiger partial charge >= 0.3 is 0 Å². The van der Waals surface area contributed by atoms with Gasteiger partial charge in [-0.25, -0.2) is 4.68 Å². The van der Waals surface area contributed by atoms with Gasteiger partial charge in [-0.1, -0.05) is 66.2 Å². The largest absolute Gasteiger partial charge is 0.395 e. The highest BCUT2D eigenvalue weighted by atomic mass is 35.5. The summed E-state index contributed by atoms with van der Waals surface area (Å²) in [5.41, 5.74) is 4.43. The first-order chi connectivity index (χ1) is 15.7. The van der Waals surface area contributed by atoms with Gasteiger partial charge in [0, 0.05) is 36.1 Å². The molecule has 4 rings (SSSR count). The summed E-state index contributed by atoms with van der Waals surface area (Å²) in [6.45, 7) is 0.828. The molecule has 0 aliphatic rings. The van der Waals surface area contributed by atoms with E-state index in [1.54, 1.807) is 0 Å². The molecule has 4 aromatic rings. The van der Waals surface area contributed by atoms with Crippen molar-refractivity contribution >= 4 is 34.6 Å². The van der Waals surface area contributed by atoms with Crippen molar-refractivity contribution in [1.29, 1.82) is 0 Å². The number of thiocarbonyl (C=S) groups is 1. The van der Waals surface area contributed by atoms with Crippen LogP contribution in [0.5, 0.6) is 0 Å². The lowest BCUT2D eigenvalue weighted by molar-refractivity contribution is 0.248. The Morgan fingerprint density at radius 1 is 0.969 bits per heavy atom. The second-order valence-electron chi connectivity index (χ2n) is 7.20. The molecule has 0 aliphatic heterocycles. The molecule has 0 atom stereocenters. The maximum absolute atomic E-state index is 9.67. The standard InChI is InChI=1S/C25H23ClN4OS/c26-23-14-8-7-13-22(23)24-19(18-30(28-24)21-11-5-2-6-12-21)17-29(15-16-31)25(32)27-20-9-3-1-4-10-20/h1-14,18,31H,15-17H2,(H,27,32). The Hall–Kier alpha value is -3.19. The minimum absolute atomic E-state index is 0.0230. The number of nitrogens with zero attached hydrogens (tertiary/aromatic N) is 3. The van der Waals surface area contributed by atoms with Crippen molar-refractivity contribution in [2.45, 2.75) is 6.54 Å². The van der Waals surface area contributed by atoms with Crippen LogP contribution in [0.2, 0.25) is 5.02 Å². The summed E-state index contributed by atoms with van der Waals surface area (Å²) in [5.74, 6) is 0. The fourth-order valence-corrected chi connectivity index (χ4v) is 3.92. The first-order valence-corrected chi connectivity index (χ1v) is 11.0. The predicted molar refractivity (Wildman–Crippen MR) is 134 cm³/mol. The summed E-state index contributed by atoms with van der Waals surface area (Å²) < 4.78 is 1.85. The van der Waals surface area contributed by atoms with Gasteiger partial charge in [0.15, 0.2) is 5.11 Å². The van der Waals surface area contributed by atoms with Crippen molar-refractivity contribution in [1.82, 2.24) is 14.7 Å². The van der Waals surface area contributed by atoms with Gasteiger partial charge < -0.3 is 15.3 Å². The van der Waals surface area contributed by atoms with Crippen LogP contribution in [0.25, 0.3) is 16.9 Å². The molecule has 3 aromatic carbocycles. The number of rotatable bonds is 7. The van der Waals surface area contributed by atoms with Gasteiger partial charge in [-0.15, -0.1) is 0 Å². The smallest absolute Gasteiger partial charge is 0.173 e. The number of benzene rings is 3. The van der Waals surface area contributed by atoms with Crippen LogP contribution in [0.1, 0.15) is 5.56 Å². The summed E-state index contributed by atoms with van der Waals surface area (Å²) in [7, 11) is 0. The van der Waals surface area contributed by atoms with Crippen LogP contribution in [-0.2, 0) is 6.54 Å². The monoisotopic (exact) mass is 462 g/mol. The average Bonchev–Trinajstić information content (AvgIpc) is 3.24. The molecular formula is C25H23ClN4OS. The van der Waals surface area contributed by atoms with Crippen LogP contribution in [0.15, 0.2) is 91.1 Å². The Bertz CT molecular complexity index is 1180. The summed E-state index contributed by atoms with van der Waals surface area (Å²) in [5, 5.41) is 18.9. The first kappa shape index (κ1) is 22.0. The number of hydrogen-bond donors (Lipinski definition) is 2. The highest BCUT2D eigenvalue weighted by molar-refractivity contribution is 7.80. The van der Waals surface area contributed by atoms with E-state index in [0.717, 1.165) is 28.2 Å². The van der Waals surface area contributed by atoms with Gasteiger partial charge in [-0.2, -0.15) is 5.10 Å². The molecule has 0 saturated carbocycles. The van der Waals surface area contributed by atoms with Crippen LogP contribution in [0.4, 0.5) is 5.69 Å². The van der Waals surface area contributed by atoms with Gasteiger partial charge in [0.1, 0.15) is 0 Å². The van der Waals surface area contributed by atoms with Crippen molar-refractivity contribution in [2.24, 2.45) is 0 Å². The summed E-state index contributed by atoms with van der Waals surface area (Å²) in [4.78, 5) is 1.93. The van der Waals surface area contributed by atoms with Crippen LogP contribution >= 0.6 is 23.8 Å². The SMILES string of the molecule is OCCN(Cc1cn(-c2ccccc2)nc1-c1ccccc1Cl)C(=S)Nc1ccccc1. The molecule has 0 unspecified atom stereocenters. The topological polar surface area (TPSA) is 53.3 Å². The van der Waals surface area contributed by atoms with Crippen LogP contribution < -0.4 is 5.32 Å². The van der Waals surface area contributed by atoms with E-state index < -0.39 is 0 Å². The molecule has 32 heavy (non-hydrogen) atoms. The average molecular weight is 463 g/mol. The lowest BCUT2D eigenvalue weighted by atomic mass is 10.1. The van der Waals surface area contributed by atoms with E-state index in [2.05, 4.69) is 5.32 Å². The molecule has 0 bridgehead atoms. The number of para-hydroxylation sites is 2. The number of nitrogens with one attached hydrogen (secondary N) is 1. The summed E-state index contributed by atoms with van der Waals surface area (Å²) in [6.07, 6.45) is 1.99. The van der Waals surface area contributed by atoms with Crippen LogP contribution in [0.3, 0.4) is 0 Å². The van der Waals surface area contributed by atoms with E-state index in [1.165, 1.54) is 0 Å². The third-order valence-electron chi connectivity index (χ3n) is 4.98. The minimum Gasteiger partial charge on any atom is -0.395 e. The van der Waals surface area contributed by atoms with Gasteiger partial charge in [0.05, 0.1) is 23.0 Å². The first-order valence-electron chi connectivity index (χ1n) is 10.3. The molecule has 0 fully saturated rings. The predicted octanol–water partition coefficient (Wildman–Crippen LogP) is 5.38. The van der Waals surface area contributed by atoms with Gasteiger partial charge in [0.25, 0.3) is 0 Å². The van der Waals surface area contributed by atoms with Crippen molar-refractivity contribution in [3.63, 3.8) is 0 Å². The molecule has 0 radical (unpaired) electrons. The van der Waals surface area contributed by atoms with Crippen LogP contribution in [-0.4, -0.2) is 38.1 Å². The number of halogens is 1. The number of hydrogen-bond acceptors (Lipinski definition) is 3. The summed E-state index contributed by atoms with van der Waals surface area (Å²) >= 11 is 12.2. The minimum atomic E-state index is -0.0230. The zero-order valence-electron chi connectivity index (χ0n) is 17.4. The van der Waals surface area contributed by atoms with Gasteiger partial charge in [-0.3, -0.25) is 0 Å². The van der Waals surface area contributed by atoms with E-state index in [1.807, 2.05) is 101 Å².